The second-order valence-corrected chi connectivity index (χ2v) is 5.86. The smallest absolute Gasteiger partial charge is 0.151 e. The summed E-state index contributed by atoms with van der Waals surface area (Å²) >= 11 is 0. The van der Waals surface area contributed by atoms with Gasteiger partial charge in [0.1, 0.15) is 5.82 Å². The van der Waals surface area contributed by atoms with Crippen LogP contribution in [-0.4, -0.2) is 29.5 Å². The highest BCUT2D eigenvalue weighted by molar-refractivity contribution is 7.91. The van der Waals surface area contributed by atoms with Crippen molar-refractivity contribution in [2.75, 3.05) is 11.5 Å². The van der Waals surface area contributed by atoms with E-state index in [9.17, 15) is 8.42 Å². The average molecular weight is 231 g/mol. The van der Waals surface area contributed by atoms with Crippen LogP contribution in [0, 0.1) is 6.92 Å². The molecule has 0 spiro atoms. The van der Waals surface area contributed by atoms with Gasteiger partial charge in [0.05, 0.1) is 11.4 Å². The summed E-state index contributed by atoms with van der Waals surface area (Å²) in [4.78, 5) is 4.10. The van der Waals surface area contributed by atoms with Gasteiger partial charge in [-0.15, -0.1) is 0 Å². The molecule has 86 valence electrons. The second-order valence-electron chi connectivity index (χ2n) is 3.39. The van der Waals surface area contributed by atoms with Gasteiger partial charge in [-0.2, -0.15) is 0 Å². The molecule has 5 nitrogen and oxygen atoms in total. The number of nitrogens with zero attached hydrogens (tertiary/aromatic N) is 2. The van der Waals surface area contributed by atoms with Crippen molar-refractivity contribution < 1.29 is 8.42 Å². The zero-order valence-corrected chi connectivity index (χ0v) is 9.92. The van der Waals surface area contributed by atoms with Gasteiger partial charge in [-0.25, -0.2) is 13.4 Å². The number of imidazole rings is 1. The van der Waals surface area contributed by atoms with Crippen LogP contribution in [0.5, 0.6) is 0 Å². The number of aryl methyl sites for hydroxylation is 1. The molecule has 0 bridgehead atoms. The Kier molecular flexibility index (Phi) is 3.87. The van der Waals surface area contributed by atoms with Gasteiger partial charge in [-0.3, -0.25) is 0 Å². The third-order valence-corrected chi connectivity index (χ3v) is 4.10. The Balaban J connectivity index is 2.77. The van der Waals surface area contributed by atoms with Crippen molar-refractivity contribution in [3.05, 3.63) is 17.7 Å². The maximum atomic E-state index is 11.3. The van der Waals surface area contributed by atoms with Crippen LogP contribution in [0.2, 0.25) is 0 Å². The van der Waals surface area contributed by atoms with E-state index >= 15 is 0 Å². The fourth-order valence-corrected chi connectivity index (χ4v) is 2.11. The Morgan fingerprint density at radius 2 is 2.20 bits per heavy atom. The first-order valence-electron chi connectivity index (χ1n) is 4.91. The fourth-order valence-electron chi connectivity index (χ4n) is 1.36. The predicted molar refractivity (Wildman–Crippen MR) is 59.2 cm³/mol. The zero-order valence-electron chi connectivity index (χ0n) is 9.10. The first-order valence-corrected chi connectivity index (χ1v) is 6.73. The Bertz CT molecular complexity index is 423. The minimum Gasteiger partial charge on any atom is -0.330 e. The highest BCUT2D eigenvalue weighted by Crippen LogP contribution is 2.05. The number of hydrogen-bond donors (Lipinski definition) is 1. The van der Waals surface area contributed by atoms with Crippen LogP contribution >= 0.6 is 0 Å². The molecule has 1 rings (SSSR count). The molecule has 0 saturated carbocycles. The number of aromatic nitrogens is 2. The average Bonchev–Trinajstić information content (AvgIpc) is 2.56. The summed E-state index contributed by atoms with van der Waals surface area (Å²) in [5.74, 6) is 1.13. The van der Waals surface area contributed by atoms with E-state index in [-0.39, 0.29) is 11.5 Å². The van der Waals surface area contributed by atoms with E-state index in [1.54, 1.807) is 13.1 Å². The molecule has 6 heteroatoms. The number of rotatable bonds is 5. The standard InChI is InChI=1S/C9H17N3O2S/c1-3-15(13,14)5-4-12-8(2)11-7-9(12)6-10/h7H,3-6,10H2,1-2H3. The van der Waals surface area contributed by atoms with Crippen LogP contribution in [0.1, 0.15) is 18.4 Å². The van der Waals surface area contributed by atoms with Crippen LogP contribution < -0.4 is 5.73 Å². The van der Waals surface area contributed by atoms with Gasteiger partial charge in [0.25, 0.3) is 0 Å². The number of nitrogens with two attached hydrogens (primary N) is 1. The summed E-state index contributed by atoms with van der Waals surface area (Å²) in [5.41, 5.74) is 6.40. The number of hydrogen-bond acceptors (Lipinski definition) is 4. The largest absolute Gasteiger partial charge is 0.330 e. The van der Waals surface area contributed by atoms with Gasteiger partial charge in [-0.05, 0) is 6.92 Å². The Labute approximate surface area is 90.2 Å². The van der Waals surface area contributed by atoms with E-state index in [1.807, 2.05) is 11.5 Å². The van der Waals surface area contributed by atoms with Crippen LogP contribution in [-0.2, 0) is 22.9 Å². The van der Waals surface area contributed by atoms with Gasteiger partial charge >= 0.3 is 0 Å². The summed E-state index contributed by atoms with van der Waals surface area (Å²) in [5, 5.41) is 0. The predicted octanol–water partition coefficient (Wildman–Crippen LogP) is 0.0849. The molecule has 0 atom stereocenters. The topological polar surface area (TPSA) is 78.0 Å². The monoisotopic (exact) mass is 231 g/mol. The quantitative estimate of drug-likeness (QED) is 0.778. The summed E-state index contributed by atoms with van der Waals surface area (Å²) in [6.45, 7) is 4.32. The van der Waals surface area contributed by atoms with Gasteiger partial charge in [0.2, 0.25) is 0 Å². The molecule has 1 heterocycles. The minimum absolute atomic E-state index is 0.147. The third-order valence-electron chi connectivity index (χ3n) is 2.41. The molecule has 0 aliphatic heterocycles. The highest BCUT2D eigenvalue weighted by Gasteiger charge is 2.10. The Hall–Kier alpha value is -0.880. The molecule has 15 heavy (non-hydrogen) atoms. The van der Waals surface area contributed by atoms with E-state index in [0.29, 0.717) is 13.1 Å². The van der Waals surface area contributed by atoms with Gasteiger partial charge in [0.15, 0.2) is 9.84 Å². The van der Waals surface area contributed by atoms with Gasteiger partial charge in [0, 0.05) is 25.0 Å². The van der Waals surface area contributed by atoms with Gasteiger partial charge in [-0.1, -0.05) is 6.92 Å². The molecule has 0 aliphatic rings. The maximum Gasteiger partial charge on any atom is 0.151 e. The molecule has 0 radical (unpaired) electrons. The lowest BCUT2D eigenvalue weighted by molar-refractivity contribution is 0.586. The second kappa shape index (κ2) is 4.76. The van der Waals surface area contributed by atoms with Crippen molar-refractivity contribution in [1.82, 2.24) is 9.55 Å². The lowest BCUT2D eigenvalue weighted by atomic mass is 10.4. The zero-order chi connectivity index (χ0) is 11.5. The molecular weight excluding hydrogens is 214 g/mol. The van der Waals surface area contributed by atoms with Crippen molar-refractivity contribution in [1.29, 1.82) is 0 Å². The fraction of sp³-hybridized carbons (Fsp3) is 0.667. The summed E-state index contributed by atoms with van der Waals surface area (Å²) in [6.07, 6.45) is 1.69. The molecule has 1 aromatic rings. The third kappa shape index (κ3) is 3.04. The number of sulfone groups is 1. The lowest BCUT2D eigenvalue weighted by Crippen LogP contribution is -2.17. The van der Waals surface area contributed by atoms with E-state index in [4.69, 9.17) is 5.73 Å². The molecule has 2 N–H and O–H groups in total. The summed E-state index contributed by atoms with van der Waals surface area (Å²) < 4.78 is 24.5. The first kappa shape index (κ1) is 12.2. The molecule has 0 saturated heterocycles. The normalized spacial score (nSPS) is 11.9. The van der Waals surface area contributed by atoms with E-state index < -0.39 is 9.84 Å². The summed E-state index contributed by atoms with van der Waals surface area (Å²) in [6, 6.07) is 0. The van der Waals surface area contributed by atoms with Crippen LogP contribution in [0.15, 0.2) is 6.20 Å². The SMILES string of the molecule is CCS(=O)(=O)CCn1c(CN)cnc1C. The van der Waals surface area contributed by atoms with Crippen molar-refractivity contribution in [2.45, 2.75) is 26.9 Å². The molecular formula is C9H17N3O2S. The van der Waals surface area contributed by atoms with E-state index in [1.165, 1.54) is 0 Å². The summed E-state index contributed by atoms with van der Waals surface area (Å²) in [7, 11) is -2.93. The van der Waals surface area contributed by atoms with Crippen LogP contribution in [0.3, 0.4) is 0 Å². The minimum atomic E-state index is -2.93. The first-order chi connectivity index (χ1) is 7.00. The Morgan fingerprint density at radius 3 is 2.73 bits per heavy atom. The Morgan fingerprint density at radius 1 is 1.53 bits per heavy atom. The maximum absolute atomic E-state index is 11.3. The van der Waals surface area contributed by atoms with Crippen molar-refractivity contribution in [2.24, 2.45) is 5.73 Å². The molecule has 0 aromatic carbocycles. The van der Waals surface area contributed by atoms with Crippen molar-refractivity contribution in [3.8, 4) is 0 Å². The van der Waals surface area contributed by atoms with Gasteiger partial charge < -0.3 is 10.3 Å². The van der Waals surface area contributed by atoms with Crippen molar-refractivity contribution in [3.63, 3.8) is 0 Å². The van der Waals surface area contributed by atoms with E-state index in [0.717, 1.165) is 11.5 Å². The molecule has 0 unspecified atom stereocenters. The van der Waals surface area contributed by atoms with Crippen LogP contribution in [0.4, 0.5) is 0 Å². The molecule has 0 fully saturated rings. The molecule has 0 aliphatic carbocycles. The highest BCUT2D eigenvalue weighted by atomic mass is 32.2. The van der Waals surface area contributed by atoms with Crippen LogP contribution in [0.25, 0.3) is 0 Å². The molecule has 0 amide bonds. The van der Waals surface area contributed by atoms with E-state index in [2.05, 4.69) is 4.98 Å². The molecule has 1 aromatic heterocycles. The van der Waals surface area contributed by atoms with Crippen molar-refractivity contribution >= 4 is 9.84 Å². The lowest BCUT2D eigenvalue weighted by Gasteiger charge is -2.08.